The SMILES string of the molecule is O=C(Cn1cc2ccccc2n1)ON1C(=O)c2ccccc2C1=O. The van der Waals surface area contributed by atoms with E-state index in [0.717, 1.165) is 10.9 Å². The molecule has 7 heteroatoms. The second-order valence-electron chi connectivity index (χ2n) is 5.30. The Morgan fingerprint density at radius 3 is 2.25 bits per heavy atom. The summed E-state index contributed by atoms with van der Waals surface area (Å²) in [5, 5.41) is 5.61. The first-order chi connectivity index (χ1) is 11.6. The van der Waals surface area contributed by atoms with Crippen LogP contribution in [0.2, 0.25) is 0 Å². The van der Waals surface area contributed by atoms with Gasteiger partial charge in [-0.25, -0.2) is 4.79 Å². The maximum absolute atomic E-state index is 12.1. The zero-order valence-electron chi connectivity index (χ0n) is 12.4. The van der Waals surface area contributed by atoms with E-state index in [2.05, 4.69) is 5.10 Å². The van der Waals surface area contributed by atoms with Crippen LogP contribution in [0, 0.1) is 0 Å². The molecule has 2 amide bonds. The standard InChI is InChI=1S/C17H11N3O4/c21-15(10-19-9-11-5-1-4-8-14(11)18-19)24-20-16(22)12-6-2-3-7-13(12)17(20)23/h1-9H,10H2. The molecule has 2 aromatic carbocycles. The molecule has 1 aliphatic rings. The van der Waals surface area contributed by atoms with Gasteiger partial charge in [-0.15, -0.1) is 0 Å². The van der Waals surface area contributed by atoms with Gasteiger partial charge in [-0.3, -0.25) is 14.3 Å². The van der Waals surface area contributed by atoms with E-state index >= 15 is 0 Å². The molecule has 0 spiro atoms. The van der Waals surface area contributed by atoms with Gasteiger partial charge in [0.25, 0.3) is 11.8 Å². The highest BCUT2D eigenvalue weighted by Crippen LogP contribution is 2.22. The summed E-state index contributed by atoms with van der Waals surface area (Å²) in [5.41, 5.74) is 1.19. The maximum Gasteiger partial charge on any atom is 0.354 e. The van der Waals surface area contributed by atoms with Gasteiger partial charge >= 0.3 is 5.97 Å². The van der Waals surface area contributed by atoms with Crippen LogP contribution >= 0.6 is 0 Å². The summed E-state index contributed by atoms with van der Waals surface area (Å²) in [6.07, 6.45) is 1.69. The van der Waals surface area contributed by atoms with Crippen molar-refractivity contribution in [3.8, 4) is 0 Å². The molecule has 0 saturated heterocycles. The number of hydrogen-bond donors (Lipinski definition) is 0. The van der Waals surface area contributed by atoms with Crippen molar-refractivity contribution in [2.45, 2.75) is 6.54 Å². The van der Waals surface area contributed by atoms with Crippen LogP contribution in [0.15, 0.2) is 54.7 Å². The van der Waals surface area contributed by atoms with E-state index in [1.54, 1.807) is 18.3 Å². The van der Waals surface area contributed by atoms with Gasteiger partial charge in [-0.2, -0.15) is 5.10 Å². The molecule has 1 aliphatic heterocycles. The quantitative estimate of drug-likeness (QED) is 0.687. The van der Waals surface area contributed by atoms with Crippen LogP contribution in [0.1, 0.15) is 20.7 Å². The number of carbonyl (C=O) groups is 3. The van der Waals surface area contributed by atoms with Crippen molar-refractivity contribution in [2.24, 2.45) is 0 Å². The van der Waals surface area contributed by atoms with Crippen molar-refractivity contribution in [2.75, 3.05) is 0 Å². The molecule has 0 saturated carbocycles. The molecule has 3 aromatic rings. The molecule has 24 heavy (non-hydrogen) atoms. The maximum atomic E-state index is 12.1. The lowest BCUT2D eigenvalue weighted by Gasteiger charge is -2.12. The number of hydrogen-bond acceptors (Lipinski definition) is 5. The zero-order chi connectivity index (χ0) is 16.7. The third-order valence-electron chi connectivity index (χ3n) is 3.70. The molecule has 2 heterocycles. The molecular formula is C17H11N3O4. The average Bonchev–Trinajstić information content (AvgIpc) is 3.09. The van der Waals surface area contributed by atoms with Crippen LogP contribution < -0.4 is 0 Å². The first-order valence-electron chi connectivity index (χ1n) is 7.24. The minimum Gasteiger partial charge on any atom is -0.328 e. The summed E-state index contributed by atoms with van der Waals surface area (Å²) in [6, 6.07) is 13.7. The molecule has 4 rings (SSSR count). The highest BCUT2D eigenvalue weighted by Gasteiger charge is 2.38. The van der Waals surface area contributed by atoms with Crippen molar-refractivity contribution in [3.05, 3.63) is 65.9 Å². The van der Waals surface area contributed by atoms with Gasteiger partial charge in [-0.1, -0.05) is 35.4 Å². The molecule has 118 valence electrons. The number of fused-ring (bicyclic) bond motifs is 2. The Bertz CT molecular complexity index is 924. The number of amides is 2. The Morgan fingerprint density at radius 2 is 1.58 bits per heavy atom. The summed E-state index contributed by atoms with van der Waals surface area (Å²) >= 11 is 0. The van der Waals surface area contributed by atoms with Crippen molar-refractivity contribution < 1.29 is 19.2 Å². The fourth-order valence-electron chi connectivity index (χ4n) is 2.61. The van der Waals surface area contributed by atoms with E-state index in [1.165, 1.54) is 16.8 Å². The fraction of sp³-hybridized carbons (Fsp3) is 0.0588. The molecule has 0 radical (unpaired) electrons. The Balaban J connectivity index is 1.51. The lowest BCUT2D eigenvalue weighted by molar-refractivity contribution is -0.169. The van der Waals surface area contributed by atoms with Gasteiger partial charge in [0.05, 0.1) is 16.6 Å². The van der Waals surface area contributed by atoms with Crippen molar-refractivity contribution in [1.29, 1.82) is 0 Å². The van der Waals surface area contributed by atoms with Crippen molar-refractivity contribution in [1.82, 2.24) is 14.8 Å². The zero-order valence-corrected chi connectivity index (χ0v) is 12.4. The lowest BCUT2D eigenvalue weighted by atomic mass is 10.1. The van der Waals surface area contributed by atoms with Gasteiger partial charge in [0.2, 0.25) is 0 Å². The van der Waals surface area contributed by atoms with Gasteiger partial charge < -0.3 is 4.84 Å². The number of carbonyl (C=O) groups excluding carboxylic acids is 3. The first-order valence-corrected chi connectivity index (χ1v) is 7.24. The van der Waals surface area contributed by atoms with E-state index < -0.39 is 17.8 Å². The number of imide groups is 1. The number of benzene rings is 2. The molecule has 0 unspecified atom stereocenters. The Hall–Kier alpha value is -3.48. The van der Waals surface area contributed by atoms with Crippen LogP contribution in [0.3, 0.4) is 0 Å². The van der Waals surface area contributed by atoms with Gasteiger partial charge in [-0.05, 0) is 18.2 Å². The number of aromatic nitrogens is 2. The molecule has 0 fully saturated rings. The Kier molecular flexibility index (Phi) is 3.13. The van der Waals surface area contributed by atoms with Crippen molar-refractivity contribution in [3.63, 3.8) is 0 Å². The summed E-state index contributed by atoms with van der Waals surface area (Å²) in [6.45, 7) is -0.206. The molecule has 0 bridgehead atoms. The second-order valence-corrected chi connectivity index (χ2v) is 5.30. The minimum absolute atomic E-state index is 0.206. The molecule has 1 aromatic heterocycles. The predicted octanol–water partition coefficient (Wildman–Crippen LogP) is 1.79. The first kappa shape index (κ1) is 14.1. The highest BCUT2D eigenvalue weighted by molar-refractivity contribution is 6.20. The summed E-state index contributed by atoms with van der Waals surface area (Å²) < 4.78 is 1.41. The van der Waals surface area contributed by atoms with E-state index in [0.29, 0.717) is 5.06 Å². The van der Waals surface area contributed by atoms with Crippen molar-refractivity contribution >= 4 is 28.7 Å². The van der Waals surface area contributed by atoms with Crippen LogP contribution in [-0.2, 0) is 16.2 Å². The van der Waals surface area contributed by atoms with Crippen LogP contribution in [0.5, 0.6) is 0 Å². The van der Waals surface area contributed by atoms with E-state index in [1.807, 2.05) is 24.3 Å². The number of rotatable bonds is 3. The summed E-state index contributed by atoms with van der Waals surface area (Å²) in [5.74, 6) is -2.04. The molecular weight excluding hydrogens is 310 g/mol. The lowest BCUT2D eigenvalue weighted by Crippen LogP contribution is -2.34. The minimum atomic E-state index is -0.752. The number of hydroxylamine groups is 2. The normalized spacial score (nSPS) is 13.4. The molecule has 0 aliphatic carbocycles. The third-order valence-corrected chi connectivity index (χ3v) is 3.70. The molecule has 0 N–H and O–H groups in total. The van der Waals surface area contributed by atoms with E-state index in [-0.39, 0.29) is 17.7 Å². The predicted molar refractivity (Wildman–Crippen MR) is 82.8 cm³/mol. The summed E-state index contributed by atoms with van der Waals surface area (Å²) in [4.78, 5) is 41.3. The van der Waals surface area contributed by atoms with Crippen LogP contribution in [0.4, 0.5) is 0 Å². The van der Waals surface area contributed by atoms with Crippen LogP contribution in [0.25, 0.3) is 10.9 Å². The second kappa shape index (κ2) is 5.31. The largest absolute Gasteiger partial charge is 0.354 e. The molecule has 0 atom stereocenters. The Morgan fingerprint density at radius 1 is 0.958 bits per heavy atom. The Labute approximate surface area is 136 Å². The van der Waals surface area contributed by atoms with Gasteiger partial charge in [0.1, 0.15) is 6.54 Å². The monoisotopic (exact) mass is 321 g/mol. The topological polar surface area (TPSA) is 81.5 Å². The summed E-state index contributed by atoms with van der Waals surface area (Å²) in [7, 11) is 0. The smallest absolute Gasteiger partial charge is 0.328 e. The number of nitrogens with zero attached hydrogens (tertiary/aromatic N) is 3. The van der Waals surface area contributed by atoms with E-state index in [4.69, 9.17) is 4.84 Å². The van der Waals surface area contributed by atoms with E-state index in [9.17, 15) is 14.4 Å². The third kappa shape index (κ3) is 2.23. The van der Waals surface area contributed by atoms with Crippen LogP contribution in [-0.4, -0.2) is 32.6 Å². The average molecular weight is 321 g/mol. The highest BCUT2D eigenvalue weighted by atomic mass is 16.7. The molecule has 7 nitrogen and oxygen atoms in total. The fourth-order valence-corrected chi connectivity index (χ4v) is 2.61. The van der Waals surface area contributed by atoms with Gasteiger partial charge in [0, 0.05) is 11.6 Å². The van der Waals surface area contributed by atoms with Gasteiger partial charge in [0.15, 0.2) is 0 Å².